The normalized spacial score (nSPS) is 16.6. The monoisotopic (exact) mass is 408 g/mol. The highest BCUT2D eigenvalue weighted by Crippen LogP contribution is 2.36. The lowest BCUT2D eigenvalue weighted by Gasteiger charge is -2.28. The molecule has 1 saturated heterocycles. The number of likely N-dealkylation sites (tertiary alicyclic amines) is 1. The van der Waals surface area contributed by atoms with Gasteiger partial charge in [0.1, 0.15) is 0 Å². The van der Waals surface area contributed by atoms with Gasteiger partial charge in [-0.25, -0.2) is 0 Å². The fourth-order valence-electron chi connectivity index (χ4n) is 3.56. The number of nitrogens with one attached hydrogen (secondary N) is 1. The molecule has 0 aliphatic carbocycles. The number of carbonyl (C=O) groups excluding carboxylic acids is 1. The predicted octanol–water partition coefficient (Wildman–Crippen LogP) is 4.06. The molecule has 0 bridgehead atoms. The Hall–Kier alpha value is -1.95. The van der Waals surface area contributed by atoms with Gasteiger partial charge in [-0.3, -0.25) is 9.69 Å². The number of carbonyl (C=O) groups is 1. The first kappa shape index (κ1) is 19.8. The van der Waals surface area contributed by atoms with Gasteiger partial charge >= 0.3 is 0 Å². The molecular weight excluding hydrogens is 387 g/mol. The van der Waals surface area contributed by atoms with Crippen LogP contribution in [0.4, 0.5) is 0 Å². The van der Waals surface area contributed by atoms with Crippen molar-refractivity contribution in [2.24, 2.45) is 0 Å². The summed E-state index contributed by atoms with van der Waals surface area (Å²) in [5.74, 6) is 1.39. The van der Waals surface area contributed by atoms with Gasteiger partial charge in [-0.1, -0.05) is 29.8 Å². The van der Waals surface area contributed by atoms with E-state index in [2.05, 4.69) is 16.3 Å². The van der Waals surface area contributed by atoms with Crippen molar-refractivity contribution in [1.29, 1.82) is 0 Å². The zero-order valence-corrected chi connectivity index (χ0v) is 16.4. The van der Waals surface area contributed by atoms with Crippen LogP contribution in [0.25, 0.3) is 0 Å². The lowest BCUT2D eigenvalue weighted by molar-refractivity contribution is 0.0938. The van der Waals surface area contributed by atoms with Gasteiger partial charge < -0.3 is 14.8 Å². The van der Waals surface area contributed by atoms with Crippen LogP contribution in [0.5, 0.6) is 11.5 Å². The first-order valence-corrected chi connectivity index (χ1v) is 9.26. The van der Waals surface area contributed by atoms with Crippen molar-refractivity contribution in [2.45, 2.75) is 18.9 Å². The van der Waals surface area contributed by atoms with E-state index in [9.17, 15) is 4.79 Å². The molecule has 2 aliphatic rings. The van der Waals surface area contributed by atoms with Crippen LogP contribution in [0.15, 0.2) is 42.5 Å². The first-order chi connectivity index (χ1) is 12.7. The summed E-state index contributed by atoms with van der Waals surface area (Å²) < 4.78 is 10.9. The van der Waals surface area contributed by atoms with Gasteiger partial charge in [0.15, 0.2) is 11.5 Å². The molecule has 0 spiro atoms. The second kappa shape index (κ2) is 8.83. The molecule has 2 aromatic rings. The number of rotatable bonds is 5. The van der Waals surface area contributed by atoms with Gasteiger partial charge in [-0.2, -0.15) is 0 Å². The van der Waals surface area contributed by atoms with Crippen LogP contribution in [0.2, 0.25) is 5.02 Å². The van der Waals surface area contributed by atoms with E-state index in [1.54, 1.807) is 12.1 Å². The van der Waals surface area contributed by atoms with Crippen LogP contribution in [0.1, 0.15) is 34.8 Å². The summed E-state index contributed by atoms with van der Waals surface area (Å²) in [4.78, 5) is 15.0. The molecule has 144 valence electrons. The maximum absolute atomic E-state index is 12.5. The van der Waals surface area contributed by atoms with Crippen molar-refractivity contribution >= 4 is 29.9 Å². The lowest BCUT2D eigenvalue weighted by atomic mass is 10.0. The summed E-state index contributed by atoms with van der Waals surface area (Å²) in [5, 5.41) is 3.51. The van der Waals surface area contributed by atoms with Gasteiger partial charge in [0, 0.05) is 6.54 Å². The van der Waals surface area contributed by atoms with E-state index in [-0.39, 0.29) is 31.1 Å². The fraction of sp³-hybridized carbons (Fsp3) is 0.350. The number of halogens is 2. The highest BCUT2D eigenvalue weighted by Gasteiger charge is 2.26. The Kier molecular flexibility index (Phi) is 6.47. The van der Waals surface area contributed by atoms with Crippen molar-refractivity contribution in [2.75, 3.05) is 26.4 Å². The third-order valence-corrected chi connectivity index (χ3v) is 5.27. The average molecular weight is 409 g/mol. The zero-order chi connectivity index (χ0) is 17.9. The van der Waals surface area contributed by atoms with Gasteiger partial charge in [-0.15, -0.1) is 12.4 Å². The highest BCUT2D eigenvalue weighted by atomic mass is 35.5. The molecular formula is C20H22Cl2N2O3. The Morgan fingerprint density at radius 3 is 2.63 bits per heavy atom. The first-order valence-electron chi connectivity index (χ1n) is 8.89. The summed E-state index contributed by atoms with van der Waals surface area (Å²) in [5.41, 5.74) is 1.62. The summed E-state index contributed by atoms with van der Waals surface area (Å²) in [6, 6.07) is 13.2. The average Bonchev–Trinajstić information content (AvgIpc) is 3.33. The molecule has 1 amide bonds. The Labute approximate surface area is 170 Å². The lowest BCUT2D eigenvalue weighted by Crippen LogP contribution is -2.36. The third kappa shape index (κ3) is 4.32. The minimum absolute atomic E-state index is 0. The minimum Gasteiger partial charge on any atom is -0.454 e. The Morgan fingerprint density at radius 2 is 1.85 bits per heavy atom. The summed E-state index contributed by atoms with van der Waals surface area (Å²) >= 11 is 6.14. The maximum atomic E-state index is 12.5. The van der Waals surface area contributed by atoms with Crippen molar-refractivity contribution in [3.05, 3.63) is 58.6 Å². The second-order valence-corrected chi connectivity index (χ2v) is 6.97. The molecule has 5 nitrogen and oxygen atoms in total. The maximum Gasteiger partial charge on any atom is 0.252 e. The molecule has 4 rings (SSSR count). The van der Waals surface area contributed by atoms with Gasteiger partial charge in [-0.05, 0) is 55.8 Å². The van der Waals surface area contributed by atoms with E-state index in [0.29, 0.717) is 17.1 Å². The third-order valence-electron chi connectivity index (χ3n) is 4.94. The molecule has 0 radical (unpaired) electrons. The summed E-state index contributed by atoms with van der Waals surface area (Å²) in [6.07, 6.45) is 2.36. The number of nitrogens with zero attached hydrogens (tertiary/aromatic N) is 1. The quantitative estimate of drug-likeness (QED) is 0.810. The molecule has 2 aromatic carbocycles. The van der Waals surface area contributed by atoms with E-state index in [0.717, 1.165) is 30.2 Å². The molecule has 27 heavy (non-hydrogen) atoms. The van der Waals surface area contributed by atoms with Gasteiger partial charge in [0.25, 0.3) is 5.91 Å². The molecule has 1 N–H and O–H groups in total. The molecule has 1 atom stereocenters. The highest BCUT2D eigenvalue weighted by molar-refractivity contribution is 6.33. The Bertz CT molecular complexity index is 810. The van der Waals surface area contributed by atoms with Crippen LogP contribution < -0.4 is 14.8 Å². The zero-order valence-electron chi connectivity index (χ0n) is 14.8. The topological polar surface area (TPSA) is 50.8 Å². The van der Waals surface area contributed by atoms with Crippen molar-refractivity contribution in [3.8, 4) is 11.5 Å². The summed E-state index contributed by atoms with van der Waals surface area (Å²) in [7, 11) is 0. The number of benzene rings is 2. The van der Waals surface area contributed by atoms with E-state index >= 15 is 0 Å². The smallest absolute Gasteiger partial charge is 0.252 e. The van der Waals surface area contributed by atoms with E-state index in [1.807, 2.05) is 24.3 Å². The number of ether oxygens (including phenoxy) is 2. The second-order valence-electron chi connectivity index (χ2n) is 6.56. The van der Waals surface area contributed by atoms with Crippen molar-refractivity contribution in [3.63, 3.8) is 0 Å². The SMILES string of the molecule is Cl.O=C(NCC(c1ccc2c(c1)OCO2)N1CCCC1)c1ccccc1Cl. The van der Waals surface area contributed by atoms with Gasteiger partial charge in [0.2, 0.25) is 6.79 Å². The van der Waals surface area contributed by atoms with Crippen LogP contribution >= 0.6 is 24.0 Å². The number of hydrogen-bond donors (Lipinski definition) is 1. The molecule has 0 aromatic heterocycles. The predicted molar refractivity (Wildman–Crippen MR) is 107 cm³/mol. The summed E-state index contributed by atoms with van der Waals surface area (Å²) in [6.45, 7) is 2.84. The molecule has 1 fully saturated rings. The molecule has 1 unspecified atom stereocenters. The van der Waals surface area contributed by atoms with Crippen molar-refractivity contribution in [1.82, 2.24) is 10.2 Å². The number of hydrogen-bond acceptors (Lipinski definition) is 4. The number of fused-ring (bicyclic) bond motifs is 1. The van der Waals surface area contributed by atoms with Crippen LogP contribution in [0, 0.1) is 0 Å². The standard InChI is InChI=1S/C20H21ClN2O3.ClH/c21-16-6-2-1-5-15(16)20(24)22-12-17(23-9-3-4-10-23)14-7-8-18-19(11-14)26-13-25-18;/h1-2,5-8,11,17H,3-4,9-10,12-13H2,(H,22,24);1H. The minimum atomic E-state index is -0.152. The van der Waals surface area contributed by atoms with Crippen LogP contribution in [-0.2, 0) is 0 Å². The van der Waals surface area contributed by atoms with E-state index < -0.39 is 0 Å². The van der Waals surface area contributed by atoms with Crippen molar-refractivity contribution < 1.29 is 14.3 Å². The molecule has 7 heteroatoms. The van der Waals surface area contributed by atoms with E-state index in [1.165, 1.54) is 12.8 Å². The van der Waals surface area contributed by atoms with Crippen LogP contribution in [0.3, 0.4) is 0 Å². The Balaban J connectivity index is 0.00000210. The van der Waals surface area contributed by atoms with Crippen LogP contribution in [-0.4, -0.2) is 37.2 Å². The molecule has 2 heterocycles. The number of amides is 1. The molecule has 2 aliphatic heterocycles. The van der Waals surface area contributed by atoms with Gasteiger partial charge in [0.05, 0.1) is 16.6 Å². The molecule has 0 saturated carbocycles. The fourth-order valence-corrected chi connectivity index (χ4v) is 3.78. The van der Waals surface area contributed by atoms with E-state index in [4.69, 9.17) is 21.1 Å². The Morgan fingerprint density at radius 1 is 1.11 bits per heavy atom. The largest absolute Gasteiger partial charge is 0.454 e.